The number of rotatable bonds is 19. The summed E-state index contributed by atoms with van der Waals surface area (Å²) in [6.07, 6.45) is 12.0. The molecule has 15 atom stereocenters. The minimum atomic E-state index is -0.862. The molecule has 3 amide bonds. The van der Waals surface area contributed by atoms with Crippen molar-refractivity contribution < 1.29 is 44.0 Å². The number of nitrogens with zero attached hydrogens (tertiary/aromatic N) is 2. The van der Waals surface area contributed by atoms with Crippen molar-refractivity contribution in [1.29, 1.82) is 0 Å². The van der Waals surface area contributed by atoms with Gasteiger partial charge in [0.1, 0.15) is 18.2 Å². The highest BCUT2D eigenvalue weighted by Gasteiger charge is 2.58. The van der Waals surface area contributed by atoms with E-state index in [0.717, 1.165) is 64.2 Å². The Morgan fingerprint density at radius 3 is 2.34 bits per heavy atom. The van der Waals surface area contributed by atoms with Gasteiger partial charge in [-0.05, 0) is 113 Å². The van der Waals surface area contributed by atoms with E-state index in [1.165, 1.54) is 12.8 Å². The quantitative estimate of drug-likeness (QED) is 0.105. The van der Waals surface area contributed by atoms with Crippen molar-refractivity contribution in [3.05, 3.63) is 0 Å². The summed E-state index contributed by atoms with van der Waals surface area (Å²) in [6.45, 7) is 9.55. The lowest BCUT2D eigenvalue weighted by Crippen LogP contribution is -2.62. The number of hydrogen-bond acceptors (Lipinski definition) is 11. The monoisotopic (exact) mass is 862 g/mol. The molecule has 7 aliphatic rings. The van der Waals surface area contributed by atoms with Crippen LogP contribution in [-0.2, 0) is 28.7 Å². The molecule has 6 unspecified atom stereocenters. The molecule has 350 valence electrons. The number of hydrogen-bond donors (Lipinski definition) is 6. The van der Waals surface area contributed by atoms with Crippen LogP contribution >= 0.6 is 0 Å². The number of aliphatic hydroxyl groups excluding tert-OH is 3. The lowest BCUT2D eigenvalue weighted by Gasteiger charge is -2.62. The van der Waals surface area contributed by atoms with Gasteiger partial charge in [-0.3, -0.25) is 19.2 Å². The first-order chi connectivity index (χ1) is 29.2. The molecule has 7 fully saturated rings. The first-order valence-electron chi connectivity index (χ1n) is 24.2. The Morgan fingerprint density at radius 1 is 0.951 bits per heavy atom. The van der Waals surface area contributed by atoms with E-state index in [4.69, 9.17) is 19.4 Å². The summed E-state index contributed by atoms with van der Waals surface area (Å²) in [6, 6.07) is -1.11. The second-order valence-corrected chi connectivity index (χ2v) is 21.0. The molecule has 6 aliphatic carbocycles. The van der Waals surface area contributed by atoms with Crippen LogP contribution in [0.25, 0.3) is 0 Å². The molecule has 1 saturated heterocycles. The minimum absolute atomic E-state index is 0.0325. The summed E-state index contributed by atoms with van der Waals surface area (Å²) < 4.78 is 11.8. The van der Waals surface area contributed by atoms with Gasteiger partial charge in [0.25, 0.3) is 0 Å². The van der Waals surface area contributed by atoms with Crippen molar-refractivity contribution in [1.82, 2.24) is 25.9 Å². The van der Waals surface area contributed by atoms with Crippen molar-refractivity contribution in [2.75, 3.05) is 60.7 Å². The van der Waals surface area contributed by atoms with Gasteiger partial charge in [0.15, 0.2) is 0 Å². The minimum Gasteiger partial charge on any atom is -0.394 e. The molecular weight excluding hydrogens is 779 g/mol. The maximum absolute atomic E-state index is 14.4. The van der Waals surface area contributed by atoms with E-state index in [2.05, 4.69) is 55.7 Å². The Balaban J connectivity index is 1.15. The molecule has 61 heavy (non-hydrogen) atoms. The molecule has 0 aromatic rings. The molecule has 2 bridgehead atoms. The third kappa shape index (κ3) is 11.3. The summed E-state index contributed by atoms with van der Waals surface area (Å²) in [5.41, 5.74) is 0.291. The molecule has 1 aliphatic heterocycles. The standard InChI is InChI=1S/C47H83N5O9/c1-28-37-24-34(47(37,3)4)25-38(28)49-46(58)42-41(29(2)55)40(27-54)61-52(42)26-31-14-11-15-36(43(31)59-7)32-21-33(23-35(22-32)51(5)6)44(56)50-39(20-30-12-9-8-10-13-30)45(57)48-16-18-60-19-17-53/h28-43,53-55H,8-27H2,1-7H3,(H,48,57)(H,49,58)(H,50,56)/t28-,29-,31?,32?,33?,34+,35?,36?,37-,38-,39+,40-,41-,42-,43?/m0/s1. The summed E-state index contributed by atoms with van der Waals surface area (Å²) in [5, 5.41) is 42.0. The number of hydroxylamine groups is 2. The molecule has 0 spiro atoms. The fourth-order valence-corrected chi connectivity index (χ4v) is 13.2. The van der Waals surface area contributed by atoms with E-state index in [1.54, 1.807) is 19.1 Å². The fraction of sp³-hybridized carbons (Fsp3) is 0.936. The highest BCUT2D eigenvalue weighted by Crippen LogP contribution is 2.61. The van der Waals surface area contributed by atoms with E-state index in [-0.39, 0.29) is 79.4 Å². The molecule has 0 aromatic heterocycles. The van der Waals surface area contributed by atoms with E-state index in [9.17, 15) is 24.6 Å². The topological polar surface area (TPSA) is 182 Å². The van der Waals surface area contributed by atoms with Gasteiger partial charge >= 0.3 is 0 Å². The van der Waals surface area contributed by atoms with E-state index >= 15 is 0 Å². The lowest BCUT2D eigenvalue weighted by atomic mass is 9.45. The Hall–Kier alpha value is -1.91. The van der Waals surface area contributed by atoms with Crippen molar-refractivity contribution in [3.63, 3.8) is 0 Å². The molecule has 7 rings (SSSR count). The van der Waals surface area contributed by atoms with Crippen molar-refractivity contribution >= 4 is 17.7 Å². The molecule has 6 saturated carbocycles. The van der Waals surface area contributed by atoms with Crippen LogP contribution in [0.4, 0.5) is 0 Å². The van der Waals surface area contributed by atoms with Gasteiger partial charge in [0, 0.05) is 50.0 Å². The average Bonchev–Trinajstić information content (AvgIpc) is 3.62. The largest absolute Gasteiger partial charge is 0.394 e. The van der Waals surface area contributed by atoms with Crippen LogP contribution in [0.1, 0.15) is 118 Å². The molecule has 0 aromatic carbocycles. The summed E-state index contributed by atoms with van der Waals surface area (Å²) in [4.78, 5) is 51.0. The maximum atomic E-state index is 14.4. The van der Waals surface area contributed by atoms with Crippen LogP contribution < -0.4 is 16.0 Å². The van der Waals surface area contributed by atoms with Crippen molar-refractivity contribution in [2.24, 2.45) is 58.7 Å². The number of aliphatic hydroxyl groups is 3. The van der Waals surface area contributed by atoms with Crippen LogP contribution in [0.2, 0.25) is 0 Å². The van der Waals surface area contributed by atoms with Gasteiger partial charge in [0.05, 0.1) is 38.6 Å². The van der Waals surface area contributed by atoms with Gasteiger partial charge in [-0.25, -0.2) is 0 Å². The highest BCUT2D eigenvalue weighted by molar-refractivity contribution is 5.88. The first-order valence-corrected chi connectivity index (χ1v) is 24.2. The van der Waals surface area contributed by atoms with Crippen LogP contribution in [0.5, 0.6) is 0 Å². The zero-order valence-electron chi connectivity index (χ0n) is 38.6. The Kier molecular flexibility index (Phi) is 17.4. The second kappa shape index (κ2) is 21.8. The molecule has 6 N–H and O–H groups in total. The Bertz CT molecular complexity index is 1430. The predicted octanol–water partition coefficient (Wildman–Crippen LogP) is 3.51. The Labute approximate surface area is 366 Å². The van der Waals surface area contributed by atoms with Gasteiger partial charge < -0.3 is 45.6 Å². The SMILES string of the molecule is COC1C(CN2O[C@@H](CO)[C@H]([C@H](C)O)[C@H]2C(=O)N[C@H]2C[C@H]3C[C@@H]([C@@H]2C)C3(C)C)CCCC1C1CC(C(=O)N[C@H](CC2CCCCC2)C(=O)NCCOCCO)CC(N(C)C)C1. The number of ether oxygens (including phenoxy) is 2. The number of fused-ring (bicyclic) bond motifs is 2. The fourth-order valence-electron chi connectivity index (χ4n) is 13.2. The molecule has 14 heteroatoms. The molecular formula is C47H83N5O9. The zero-order chi connectivity index (χ0) is 44.0. The summed E-state index contributed by atoms with van der Waals surface area (Å²) >= 11 is 0. The normalized spacial score (nSPS) is 37.7. The molecule has 0 radical (unpaired) electrons. The van der Waals surface area contributed by atoms with Gasteiger partial charge in [-0.15, -0.1) is 0 Å². The predicted molar refractivity (Wildman–Crippen MR) is 233 cm³/mol. The zero-order valence-corrected chi connectivity index (χ0v) is 38.6. The van der Waals surface area contributed by atoms with Crippen LogP contribution in [0.15, 0.2) is 0 Å². The number of carbonyl (C=O) groups excluding carboxylic acids is 3. The van der Waals surface area contributed by atoms with Crippen molar-refractivity contribution in [2.45, 2.75) is 160 Å². The van der Waals surface area contributed by atoms with Gasteiger partial charge in [-0.2, -0.15) is 5.06 Å². The van der Waals surface area contributed by atoms with Gasteiger partial charge in [-0.1, -0.05) is 59.3 Å². The lowest BCUT2D eigenvalue weighted by molar-refractivity contribution is -0.193. The summed E-state index contributed by atoms with van der Waals surface area (Å²) in [5.74, 6) is 1.10. The van der Waals surface area contributed by atoms with Crippen LogP contribution in [0, 0.1) is 58.7 Å². The summed E-state index contributed by atoms with van der Waals surface area (Å²) in [7, 11) is 5.95. The van der Waals surface area contributed by atoms with E-state index < -0.39 is 30.2 Å². The number of nitrogens with one attached hydrogen (secondary N) is 3. The number of carbonyl (C=O) groups is 3. The highest BCUT2D eigenvalue weighted by atomic mass is 16.7. The molecule has 14 nitrogen and oxygen atoms in total. The number of methoxy groups -OCH3 is 1. The number of amides is 3. The average molecular weight is 862 g/mol. The van der Waals surface area contributed by atoms with Crippen LogP contribution in [-0.4, -0.2) is 146 Å². The van der Waals surface area contributed by atoms with Crippen LogP contribution in [0.3, 0.4) is 0 Å². The van der Waals surface area contributed by atoms with Gasteiger partial charge in [0.2, 0.25) is 17.7 Å². The van der Waals surface area contributed by atoms with E-state index in [0.29, 0.717) is 61.6 Å². The maximum Gasteiger partial charge on any atom is 0.242 e. The molecule has 1 heterocycles. The Morgan fingerprint density at radius 2 is 1.70 bits per heavy atom. The smallest absolute Gasteiger partial charge is 0.242 e. The third-order valence-electron chi connectivity index (χ3n) is 16.9. The van der Waals surface area contributed by atoms with E-state index in [1.807, 2.05) is 0 Å². The first kappa shape index (κ1) is 48.5. The van der Waals surface area contributed by atoms with Crippen molar-refractivity contribution in [3.8, 4) is 0 Å². The second-order valence-electron chi connectivity index (χ2n) is 21.0. The third-order valence-corrected chi connectivity index (χ3v) is 16.9.